The lowest BCUT2D eigenvalue weighted by Gasteiger charge is -2.35. The second-order valence-corrected chi connectivity index (χ2v) is 5.81. The van der Waals surface area contributed by atoms with Crippen molar-refractivity contribution in [1.82, 2.24) is 15.2 Å². The topological polar surface area (TPSA) is 55.2 Å². The van der Waals surface area contributed by atoms with E-state index in [1.165, 1.54) is 0 Å². The molecule has 0 aromatic carbocycles. The van der Waals surface area contributed by atoms with E-state index in [4.69, 9.17) is 5.26 Å². The molecular formula is C16H25N5. The summed E-state index contributed by atoms with van der Waals surface area (Å²) in [6.07, 6.45) is 2.73. The predicted molar refractivity (Wildman–Crippen MR) is 85.2 cm³/mol. The van der Waals surface area contributed by atoms with Crippen LogP contribution in [0.5, 0.6) is 0 Å². The molecule has 0 spiro atoms. The van der Waals surface area contributed by atoms with Crippen LogP contribution in [-0.4, -0.2) is 54.7 Å². The molecule has 2 heterocycles. The van der Waals surface area contributed by atoms with Crippen LogP contribution in [0.2, 0.25) is 0 Å². The maximum atomic E-state index is 9.15. The van der Waals surface area contributed by atoms with Gasteiger partial charge in [0.25, 0.3) is 0 Å². The van der Waals surface area contributed by atoms with Gasteiger partial charge >= 0.3 is 0 Å². The molecule has 0 radical (unpaired) electrons. The number of hydrogen-bond donors (Lipinski definition) is 1. The first-order valence-electron chi connectivity index (χ1n) is 7.73. The molecule has 1 saturated heterocycles. The van der Waals surface area contributed by atoms with E-state index in [9.17, 15) is 0 Å². The van der Waals surface area contributed by atoms with Gasteiger partial charge in [-0.3, -0.25) is 10.2 Å². The van der Waals surface area contributed by atoms with Crippen molar-refractivity contribution in [1.29, 1.82) is 5.26 Å². The summed E-state index contributed by atoms with van der Waals surface area (Å²) in [4.78, 5) is 9.16. The molecule has 21 heavy (non-hydrogen) atoms. The maximum Gasteiger partial charge on any atom is 0.128 e. The van der Waals surface area contributed by atoms with E-state index < -0.39 is 0 Å². The number of nitrogens with one attached hydrogen (secondary N) is 1. The van der Waals surface area contributed by atoms with Crippen LogP contribution in [0.15, 0.2) is 24.4 Å². The first-order chi connectivity index (χ1) is 10.2. The highest BCUT2D eigenvalue weighted by Gasteiger charge is 2.18. The van der Waals surface area contributed by atoms with Gasteiger partial charge in [-0.05, 0) is 32.4 Å². The summed E-state index contributed by atoms with van der Waals surface area (Å²) in [6.45, 7) is 9.23. The quantitative estimate of drug-likeness (QED) is 0.859. The molecule has 1 N–H and O–H groups in total. The minimum Gasteiger partial charge on any atom is -0.354 e. The van der Waals surface area contributed by atoms with Gasteiger partial charge in [0.15, 0.2) is 0 Å². The highest BCUT2D eigenvalue weighted by molar-refractivity contribution is 5.38. The first kappa shape index (κ1) is 15.7. The Balaban J connectivity index is 1.73. The van der Waals surface area contributed by atoms with Crippen molar-refractivity contribution in [3.05, 3.63) is 24.4 Å². The summed E-state index contributed by atoms with van der Waals surface area (Å²) >= 11 is 0. The molecule has 1 atom stereocenters. The second-order valence-electron chi connectivity index (χ2n) is 5.81. The fourth-order valence-corrected chi connectivity index (χ4v) is 2.64. The Morgan fingerprint density at radius 3 is 2.62 bits per heavy atom. The number of rotatable bonds is 6. The number of pyridine rings is 1. The normalized spacial score (nSPS) is 17.7. The molecule has 0 aliphatic carbocycles. The first-order valence-corrected chi connectivity index (χ1v) is 7.73. The Bertz CT molecular complexity index is 445. The molecule has 0 saturated carbocycles. The Hall–Kier alpha value is -1.64. The minimum atomic E-state index is -0.0428. The lowest BCUT2D eigenvalue weighted by atomic mass is 10.2. The summed E-state index contributed by atoms with van der Waals surface area (Å²) in [7, 11) is 0. The number of hydrogen-bond acceptors (Lipinski definition) is 5. The van der Waals surface area contributed by atoms with E-state index in [-0.39, 0.29) is 6.04 Å². The van der Waals surface area contributed by atoms with Crippen LogP contribution in [0.25, 0.3) is 0 Å². The van der Waals surface area contributed by atoms with Crippen molar-refractivity contribution in [2.75, 3.05) is 37.6 Å². The number of piperazine rings is 1. The van der Waals surface area contributed by atoms with Crippen LogP contribution in [0.3, 0.4) is 0 Å². The largest absolute Gasteiger partial charge is 0.354 e. The molecule has 5 heteroatoms. The molecule has 114 valence electrons. The van der Waals surface area contributed by atoms with Crippen LogP contribution < -0.4 is 10.2 Å². The summed E-state index contributed by atoms with van der Waals surface area (Å²) in [5.41, 5.74) is 0. The molecule has 1 aromatic heterocycles. The predicted octanol–water partition coefficient (Wildman–Crippen LogP) is 1.48. The molecule has 5 nitrogen and oxygen atoms in total. The van der Waals surface area contributed by atoms with E-state index in [0.717, 1.165) is 45.0 Å². The average Bonchev–Trinajstić information content (AvgIpc) is 2.52. The van der Waals surface area contributed by atoms with E-state index in [1.807, 2.05) is 18.3 Å². The number of aromatic nitrogens is 1. The van der Waals surface area contributed by atoms with Crippen molar-refractivity contribution in [2.24, 2.45) is 0 Å². The molecular weight excluding hydrogens is 262 g/mol. The number of anilines is 1. The van der Waals surface area contributed by atoms with Crippen LogP contribution >= 0.6 is 0 Å². The monoisotopic (exact) mass is 287 g/mol. The van der Waals surface area contributed by atoms with Gasteiger partial charge in [-0.1, -0.05) is 6.07 Å². The van der Waals surface area contributed by atoms with E-state index >= 15 is 0 Å². The molecule has 1 unspecified atom stereocenters. The van der Waals surface area contributed by atoms with Crippen molar-refractivity contribution in [3.63, 3.8) is 0 Å². The van der Waals surface area contributed by atoms with Crippen LogP contribution in [0.1, 0.15) is 20.3 Å². The molecule has 1 aliphatic heterocycles. The third-order valence-corrected chi connectivity index (χ3v) is 3.77. The van der Waals surface area contributed by atoms with Gasteiger partial charge in [-0.15, -0.1) is 0 Å². The zero-order valence-electron chi connectivity index (χ0n) is 13.0. The standard InChI is InChI=1S/C16H25N5/c1-14(2)19-15(13-17)6-8-20-9-11-21(12-10-20)16-5-3-4-7-18-16/h3-5,7,14-15,19H,6,8-12H2,1-2H3. The summed E-state index contributed by atoms with van der Waals surface area (Å²) in [5.74, 6) is 1.06. The smallest absolute Gasteiger partial charge is 0.128 e. The Morgan fingerprint density at radius 1 is 1.29 bits per heavy atom. The molecule has 0 bridgehead atoms. The lowest BCUT2D eigenvalue weighted by Crippen LogP contribution is -2.48. The van der Waals surface area contributed by atoms with Gasteiger partial charge in [0, 0.05) is 45.0 Å². The average molecular weight is 287 g/mol. The SMILES string of the molecule is CC(C)NC(C#N)CCN1CCN(c2ccccn2)CC1. The van der Waals surface area contributed by atoms with Gasteiger partial charge in [0.2, 0.25) is 0 Å². The Morgan fingerprint density at radius 2 is 2.05 bits per heavy atom. The molecule has 0 amide bonds. The summed E-state index contributed by atoms with van der Waals surface area (Å²) in [5, 5.41) is 12.4. The maximum absolute atomic E-state index is 9.15. The lowest BCUT2D eigenvalue weighted by molar-refractivity contribution is 0.247. The van der Waals surface area contributed by atoms with E-state index in [2.05, 4.69) is 46.1 Å². The fourth-order valence-electron chi connectivity index (χ4n) is 2.64. The zero-order chi connectivity index (χ0) is 15.1. The second kappa shape index (κ2) is 7.96. The van der Waals surface area contributed by atoms with Gasteiger partial charge in [-0.25, -0.2) is 4.98 Å². The van der Waals surface area contributed by atoms with Crippen molar-refractivity contribution in [2.45, 2.75) is 32.4 Å². The highest BCUT2D eigenvalue weighted by atomic mass is 15.3. The highest BCUT2D eigenvalue weighted by Crippen LogP contribution is 2.12. The number of nitrogens with zero attached hydrogens (tertiary/aromatic N) is 4. The van der Waals surface area contributed by atoms with Crippen LogP contribution in [-0.2, 0) is 0 Å². The van der Waals surface area contributed by atoms with E-state index in [1.54, 1.807) is 0 Å². The molecule has 1 aliphatic rings. The Kier molecular flexibility index (Phi) is 5.97. The molecule has 1 aromatic rings. The minimum absolute atomic E-state index is 0.0428. The molecule has 2 rings (SSSR count). The zero-order valence-corrected chi connectivity index (χ0v) is 13.0. The van der Waals surface area contributed by atoms with Gasteiger partial charge < -0.3 is 4.90 Å². The fraction of sp³-hybridized carbons (Fsp3) is 0.625. The third kappa shape index (κ3) is 5.00. The molecule has 1 fully saturated rings. The van der Waals surface area contributed by atoms with Gasteiger partial charge in [-0.2, -0.15) is 5.26 Å². The van der Waals surface area contributed by atoms with Crippen molar-refractivity contribution in [3.8, 4) is 6.07 Å². The Labute approximate surface area is 127 Å². The van der Waals surface area contributed by atoms with Crippen molar-refractivity contribution >= 4 is 5.82 Å². The third-order valence-electron chi connectivity index (χ3n) is 3.77. The summed E-state index contributed by atoms with van der Waals surface area (Å²) in [6, 6.07) is 8.71. The van der Waals surface area contributed by atoms with Gasteiger partial charge in [0.1, 0.15) is 5.82 Å². The van der Waals surface area contributed by atoms with Crippen molar-refractivity contribution < 1.29 is 0 Å². The van der Waals surface area contributed by atoms with Crippen LogP contribution in [0, 0.1) is 11.3 Å². The summed E-state index contributed by atoms with van der Waals surface area (Å²) < 4.78 is 0. The van der Waals surface area contributed by atoms with Gasteiger partial charge in [0.05, 0.1) is 12.1 Å². The number of nitriles is 1. The van der Waals surface area contributed by atoms with Crippen LogP contribution in [0.4, 0.5) is 5.82 Å². The van der Waals surface area contributed by atoms with E-state index in [0.29, 0.717) is 6.04 Å².